The van der Waals surface area contributed by atoms with E-state index in [-0.39, 0.29) is 11.3 Å². The second-order valence-corrected chi connectivity index (χ2v) is 6.13. The summed E-state index contributed by atoms with van der Waals surface area (Å²) in [6, 6.07) is 0. The monoisotopic (exact) mass is 285 g/mol. The van der Waals surface area contributed by atoms with E-state index in [2.05, 4.69) is 34.2 Å². The van der Waals surface area contributed by atoms with Crippen LogP contribution in [0, 0.1) is 6.92 Å². The van der Waals surface area contributed by atoms with Crippen LogP contribution in [0.2, 0.25) is 0 Å². The maximum absolute atomic E-state index is 12.1. The predicted molar refractivity (Wildman–Crippen MR) is 79.1 cm³/mol. The van der Waals surface area contributed by atoms with E-state index in [1.807, 2.05) is 20.2 Å². The van der Waals surface area contributed by atoms with Crippen LogP contribution in [0.5, 0.6) is 0 Å². The van der Waals surface area contributed by atoms with E-state index in [0.29, 0.717) is 5.69 Å². The number of fused-ring (bicyclic) bond motifs is 3. The van der Waals surface area contributed by atoms with Crippen LogP contribution in [0.4, 0.5) is 0 Å². The third-order valence-corrected chi connectivity index (χ3v) is 4.01. The van der Waals surface area contributed by atoms with Crippen molar-refractivity contribution < 1.29 is 4.79 Å². The Morgan fingerprint density at radius 3 is 2.81 bits per heavy atom. The van der Waals surface area contributed by atoms with Gasteiger partial charge in [0.1, 0.15) is 5.82 Å². The van der Waals surface area contributed by atoms with Crippen molar-refractivity contribution >= 4 is 5.91 Å². The number of rotatable bonds is 1. The first-order valence-corrected chi connectivity index (χ1v) is 6.97. The molecule has 0 radical (unpaired) electrons. The van der Waals surface area contributed by atoms with Gasteiger partial charge < -0.3 is 5.32 Å². The van der Waals surface area contributed by atoms with E-state index >= 15 is 0 Å². The highest BCUT2D eigenvalue weighted by Gasteiger charge is 2.39. The van der Waals surface area contributed by atoms with Crippen molar-refractivity contribution in [2.24, 2.45) is 7.05 Å². The zero-order valence-corrected chi connectivity index (χ0v) is 13.0. The Morgan fingerprint density at radius 2 is 2.14 bits per heavy atom. The summed E-state index contributed by atoms with van der Waals surface area (Å²) >= 11 is 0. The van der Waals surface area contributed by atoms with Gasteiger partial charge in [0.2, 0.25) is 0 Å². The van der Waals surface area contributed by atoms with Gasteiger partial charge in [0.15, 0.2) is 5.69 Å². The van der Waals surface area contributed by atoms with Crippen molar-refractivity contribution in [3.8, 4) is 11.4 Å². The first-order chi connectivity index (χ1) is 9.85. The number of hydrogen-bond acceptors (Lipinski definition) is 4. The number of aromatic nitrogens is 4. The van der Waals surface area contributed by atoms with Gasteiger partial charge in [0.05, 0.1) is 11.4 Å². The smallest absolute Gasteiger partial charge is 0.271 e. The summed E-state index contributed by atoms with van der Waals surface area (Å²) < 4.78 is 1.76. The Bertz CT molecular complexity index is 745. The highest BCUT2D eigenvalue weighted by atomic mass is 16.1. The number of aryl methyl sites for hydroxylation is 2. The van der Waals surface area contributed by atoms with Crippen molar-refractivity contribution in [2.45, 2.75) is 32.6 Å². The molecule has 6 nitrogen and oxygen atoms in total. The first-order valence-electron chi connectivity index (χ1n) is 6.97. The lowest BCUT2D eigenvalue weighted by Gasteiger charge is -2.31. The number of nitrogens with zero attached hydrogens (tertiary/aromatic N) is 4. The minimum atomic E-state index is -0.183. The van der Waals surface area contributed by atoms with Gasteiger partial charge in [-0.05, 0) is 24.3 Å². The predicted octanol–water partition coefficient (Wildman–Crippen LogP) is 1.38. The van der Waals surface area contributed by atoms with Crippen LogP contribution in [-0.4, -0.2) is 32.7 Å². The van der Waals surface area contributed by atoms with Gasteiger partial charge in [-0.3, -0.25) is 9.48 Å². The highest BCUT2D eigenvalue weighted by Crippen LogP contribution is 2.43. The molecular weight excluding hydrogens is 266 g/mol. The minimum absolute atomic E-state index is 0.158. The second-order valence-electron chi connectivity index (χ2n) is 6.13. The lowest BCUT2D eigenvalue weighted by molar-refractivity contribution is 0.0955. The third-order valence-electron chi connectivity index (χ3n) is 4.01. The maximum Gasteiger partial charge on any atom is 0.271 e. The molecule has 6 heteroatoms. The van der Waals surface area contributed by atoms with E-state index in [1.165, 1.54) is 0 Å². The Hall–Kier alpha value is -2.24. The molecular formula is C15H19N5O. The topological polar surface area (TPSA) is 72.7 Å². The third kappa shape index (κ3) is 1.93. The number of hydrogen-bond donors (Lipinski definition) is 1. The van der Waals surface area contributed by atoms with Crippen molar-refractivity contribution in [3.05, 3.63) is 28.8 Å². The number of carbonyl (C=O) groups excluding carboxylic acids is 1. The van der Waals surface area contributed by atoms with Gasteiger partial charge in [0, 0.05) is 25.9 Å². The molecule has 110 valence electrons. The van der Waals surface area contributed by atoms with Crippen LogP contribution in [-0.2, 0) is 18.9 Å². The first kappa shape index (κ1) is 13.7. The lowest BCUT2D eigenvalue weighted by Crippen LogP contribution is -2.30. The van der Waals surface area contributed by atoms with Gasteiger partial charge in [0.25, 0.3) is 5.91 Å². The molecule has 2 aromatic rings. The fourth-order valence-electron chi connectivity index (χ4n) is 3.11. The van der Waals surface area contributed by atoms with Gasteiger partial charge in [-0.15, -0.1) is 0 Å². The molecule has 0 unspecified atom stereocenters. The molecule has 0 spiro atoms. The molecule has 2 aromatic heterocycles. The van der Waals surface area contributed by atoms with Crippen molar-refractivity contribution in [2.75, 3.05) is 7.05 Å². The van der Waals surface area contributed by atoms with Crippen molar-refractivity contribution in [3.63, 3.8) is 0 Å². The molecule has 0 bridgehead atoms. The van der Waals surface area contributed by atoms with Crippen molar-refractivity contribution in [1.29, 1.82) is 0 Å². The van der Waals surface area contributed by atoms with Crippen LogP contribution in [0.15, 0.2) is 6.20 Å². The standard InChI is InChI=1S/C15H19N5O/c1-8-17-7-9-6-15(2,3)10-12(14(21)16-4)19-20(5)13(10)11(9)18-8/h7H,6H2,1-5H3,(H,16,21). The molecule has 1 aliphatic carbocycles. The van der Waals surface area contributed by atoms with E-state index in [0.717, 1.165) is 34.8 Å². The Labute approximate surface area is 123 Å². The summed E-state index contributed by atoms with van der Waals surface area (Å²) in [6.07, 6.45) is 2.68. The SMILES string of the molecule is CNC(=O)c1nn(C)c2c1C(C)(C)Cc1cnc(C)nc1-2. The molecule has 0 aliphatic heterocycles. The van der Waals surface area contributed by atoms with Gasteiger partial charge >= 0.3 is 0 Å². The Balaban J connectivity index is 2.35. The Kier molecular flexibility index (Phi) is 2.86. The molecule has 0 saturated heterocycles. The summed E-state index contributed by atoms with van der Waals surface area (Å²) in [5, 5.41) is 7.10. The van der Waals surface area contributed by atoms with E-state index in [1.54, 1.807) is 11.7 Å². The number of nitrogens with one attached hydrogen (secondary N) is 1. The summed E-state index contributed by atoms with van der Waals surface area (Å²) in [4.78, 5) is 21.0. The van der Waals surface area contributed by atoms with Gasteiger partial charge in [-0.2, -0.15) is 5.10 Å². The van der Waals surface area contributed by atoms with E-state index in [4.69, 9.17) is 0 Å². The molecule has 0 atom stereocenters. The van der Waals surface area contributed by atoms with Crippen LogP contribution < -0.4 is 5.32 Å². The normalized spacial score (nSPS) is 15.3. The summed E-state index contributed by atoms with van der Waals surface area (Å²) in [5.41, 5.74) is 4.19. The molecule has 0 aromatic carbocycles. The Morgan fingerprint density at radius 1 is 1.43 bits per heavy atom. The highest BCUT2D eigenvalue weighted by molar-refractivity contribution is 5.96. The van der Waals surface area contributed by atoms with Crippen LogP contribution >= 0.6 is 0 Å². The fourth-order valence-corrected chi connectivity index (χ4v) is 3.11. The molecule has 1 amide bonds. The van der Waals surface area contributed by atoms with E-state index in [9.17, 15) is 4.79 Å². The average molecular weight is 285 g/mol. The molecule has 1 N–H and O–H groups in total. The molecule has 1 aliphatic rings. The lowest BCUT2D eigenvalue weighted by atomic mass is 9.73. The molecule has 3 rings (SSSR count). The van der Waals surface area contributed by atoms with Crippen LogP contribution in [0.25, 0.3) is 11.4 Å². The van der Waals surface area contributed by atoms with Crippen LogP contribution in [0.3, 0.4) is 0 Å². The van der Waals surface area contributed by atoms with Gasteiger partial charge in [-0.1, -0.05) is 13.8 Å². The minimum Gasteiger partial charge on any atom is -0.354 e. The quantitative estimate of drug-likeness (QED) is 0.859. The molecule has 0 saturated carbocycles. The molecule has 0 fully saturated rings. The van der Waals surface area contributed by atoms with Crippen molar-refractivity contribution in [1.82, 2.24) is 25.1 Å². The average Bonchev–Trinajstić information content (AvgIpc) is 2.78. The second kappa shape index (κ2) is 4.38. The van der Waals surface area contributed by atoms with Crippen LogP contribution in [0.1, 0.15) is 41.3 Å². The summed E-state index contributed by atoms with van der Waals surface area (Å²) in [7, 11) is 3.48. The number of carbonyl (C=O) groups is 1. The molecule has 2 heterocycles. The fraction of sp³-hybridized carbons (Fsp3) is 0.467. The molecule has 21 heavy (non-hydrogen) atoms. The largest absolute Gasteiger partial charge is 0.354 e. The zero-order chi connectivity index (χ0) is 15.4. The van der Waals surface area contributed by atoms with Gasteiger partial charge in [-0.25, -0.2) is 9.97 Å². The zero-order valence-electron chi connectivity index (χ0n) is 13.0. The summed E-state index contributed by atoms with van der Waals surface area (Å²) in [5.74, 6) is 0.566. The van der Waals surface area contributed by atoms with E-state index < -0.39 is 0 Å². The summed E-state index contributed by atoms with van der Waals surface area (Å²) in [6.45, 7) is 6.13. The number of amides is 1. The maximum atomic E-state index is 12.1.